The molecule has 2 N–H and O–H groups in total. The number of nitrogens with one attached hydrogen (secondary N) is 2. The average Bonchev–Trinajstić information content (AvgIpc) is 2.96. The van der Waals surface area contributed by atoms with Crippen molar-refractivity contribution in [3.63, 3.8) is 0 Å². The standard InChI is InChI=1S/C15H15N3O2/c1-20-18-15(19)11-4-2-10(3-5-11)12-6-8-16-14-13(12)7-9-17-14/h2-6,8H,7,9H2,1H3,(H,16,17)(H,18,19). The molecule has 2 heterocycles. The summed E-state index contributed by atoms with van der Waals surface area (Å²) >= 11 is 0. The van der Waals surface area contributed by atoms with Crippen LogP contribution in [0.2, 0.25) is 0 Å². The fraction of sp³-hybridized carbons (Fsp3) is 0.200. The van der Waals surface area contributed by atoms with E-state index in [1.165, 1.54) is 18.2 Å². The Labute approximate surface area is 116 Å². The highest BCUT2D eigenvalue weighted by Crippen LogP contribution is 2.31. The van der Waals surface area contributed by atoms with E-state index in [1.807, 2.05) is 18.2 Å². The fourth-order valence-electron chi connectivity index (χ4n) is 2.43. The summed E-state index contributed by atoms with van der Waals surface area (Å²) in [6.07, 6.45) is 2.78. The van der Waals surface area contributed by atoms with Crippen molar-refractivity contribution < 1.29 is 9.63 Å². The summed E-state index contributed by atoms with van der Waals surface area (Å²) in [7, 11) is 1.42. The van der Waals surface area contributed by atoms with E-state index in [2.05, 4.69) is 20.6 Å². The molecule has 5 nitrogen and oxygen atoms in total. The third-order valence-corrected chi connectivity index (χ3v) is 3.38. The summed E-state index contributed by atoms with van der Waals surface area (Å²) < 4.78 is 0. The fourth-order valence-corrected chi connectivity index (χ4v) is 2.43. The van der Waals surface area contributed by atoms with Crippen LogP contribution in [0.1, 0.15) is 15.9 Å². The maximum absolute atomic E-state index is 11.6. The number of nitrogens with zero attached hydrogens (tertiary/aromatic N) is 1. The second-order valence-electron chi connectivity index (χ2n) is 4.58. The number of carbonyl (C=O) groups excluding carboxylic acids is 1. The molecule has 1 amide bonds. The first-order valence-electron chi connectivity index (χ1n) is 6.45. The van der Waals surface area contributed by atoms with Crippen LogP contribution >= 0.6 is 0 Å². The Kier molecular flexibility index (Phi) is 3.35. The topological polar surface area (TPSA) is 63.2 Å². The van der Waals surface area contributed by atoms with Gasteiger partial charge in [0.1, 0.15) is 5.82 Å². The second kappa shape index (κ2) is 5.30. The number of rotatable bonds is 3. The smallest absolute Gasteiger partial charge is 0.274 e. The molecule has 0 unspecified atom stereocenters. The lowest BCUT2D eigenvalue weighted by molar-refractivity contribution is 0.0537. The predicted molar refractivity (Wildman–Crippen MR) is 76.3 cm³/mol. The molecule has 1 aromatic carbocycles. The van der Waals surface area contributed by atoms with Crippen molar-refractivity contribution in [1.29, 1.82) is 0 Å². The van der Waals surface area contributed by atoms with Gasteiger partial charge in [-0.3, -0.25) is 9.63 Å². The lowest BCUT2D eigenvalue weighted by Gasteiger charge is -2.08. The van der Waals surface area contributed by atoms with E-state index in [0.29, 0.717) is 5.56 Å². The number of carbonyl (C=O) groups is 1. The largest absolute Gasteiger partial charge is 0.369 e. The molecule has 3 rings (SSSR count). The quantitative estimate of drug-likeness (QED) is 0.837. The molecule has 5 heteroatoms. The highest BCUT2D eigenvalue weighted by atomic mass is 16.6. The Hall–Kier alpha value is -2.40. The zero-order valence-corrected chi connectivity index (χ0v) is 11.1. The highest BCUT2D eigenvalue weighted by molar-refractivity contribution is 5.94. The van der Waals surface area contributed by atoms with Gasteiger partial charge in [-0.05, 0) is 35.7 Å². The minimum atomic E-state index is -0.249. The predicted octanol–water partition coefficient (Wildman–Crippen LogP) is 2.01. The molecular formula is C15H15N3O2. The first-order chi connectivity index (χ1) is 9.79. The number of hydrogen-bond donors (Lipinski definition) is 2. The Balaban J connectivity index is 1.92. The van der Waals surface area contributed by atoms with Gasteiger partial charge in [0.25, 0.3) is 5.91 Å². The van der Waals surface area contributed by atoms with E-state index in [-0.39, 0.29) is 5.91 Å². The second-order valence-corrected chi connectivity index (χ2v) is 4.58. The molecule has 0 atom stereocenters. The third kappa shape index (κ3) is 2.23. The minimum absolute atomic E-state index is 0.249. The first kappa shape index (κ1) is 12.6. The summed E-state index contributed by atoms with van der Waals surface area (Å²) in [6.45, 7) is 0.924. The van der Waals surface area contributed by atoms with Gasteiger partial charge >= 0.3 is 0 Å². The van der Waals surface area contributed by atoms with E-state index in [0.717, 1.165) is 24.3 Å². The number of pyridine rings is 1. The molecule has 0 bridgehead atoms. The Morgan fingerprint density at radius 1 is 1.30 bits per heavy atom. The van der Waals surface area contributed by atoms with Crippen LogP contribution in [0.3, 0.4) is 0 Å². The number of benzene rings is 1. The SMILES string of the molecule is CONC(=O)c1ccc(-c2ccnc3c2CCN3)cc1. The van der Waals surface area contributed by atoms with E-state index in [4.69, 9.17) is 0 Å². The van der Waals surface area contributed by atoms with E-state index in [9.17, 15) is 4.79 Å². The number of aromatic nitrogens is 1. The molecule has 0 radical (unpaired) electrons. The van der Waals surface area contributed by atoms with Crippen molar-refractivity contribution in [2.45, 2.75) is 6.42 Å². The maximum Gasteiger partial charge on any atom is 0.274 e. The van der Waals surface area contributed by atoms with Crippen LogP contribution in [0.25, 0.3) is 11.1 Å². The van der Waals surface area contributed by atoms with Crippen LogP contribution in [0.5, 0.6) is 0 Å². The molecule has 0 saturated carbocycles. The van der Waals surface area contributed by atoms with Crippen LogP contribution in [-0.2, 0) is 11.3 Å². The van der Waals surface area contributed by atoms with Crippen LogP contribution in [-0.4, -0.2) is 24.5 Å². The molecule has 1 aromatic heterocycles. The Morgan fingerprint density at radius 2 is 2.10 bits per heavy atom. The van der Waals surface area contributed by atoms with Crippen LogP contribution in [0.4, 0.5) is 5.82 Å². The Morgan fingerprint density at radius 3 is 2.85 bits per heavy atom. The van der Waals surface area contributed by atoms with Crippen molar-refractivity contribution in [3.8, 4) is 11.1 Å². The summed E-state index contributed by atoms with van der Waals surface area (Å²) in [5.74, 6) is 0.712. The number of anilines is 1. The zero-order chi connectivity index (χ0) is 13.9. The van der Waals surface area contributed by atoms with Gasteiger partial charge in [0.05, 0.1) is 7.11 Å². The van der Waals surface area contributed by atoms with Crippen molar-refractivity contribution >= 4 is 11.7 Å². The van der Waals surface area contributed by atoms with Gasteiger partial charge in [-0.1, -0.05) is 12.1 Å². The van der Waals surface area contributed by atoms with E-state index >= 15 is 0 Å². The molecule has 0 saturated heterocycles. The minimum Gasteiger partial charge on any atom is -0.369 e. The van der Waals surface area contributed by atoms with Crippen LogP contribution in [0.15, 0.2) is 36.5 Å². The molecule has 102 valence electrons. The van der Waals surface area contributed by atoms with Crippen molar-refractivity contribution in [2.24, 2.45) is 0 Å². The molecule has 1 aliphatic rings. The number of hydroxylamine groups is 1. The first-order valence-corrected chi connectivity index (χ1v) is 6.45. The van der Waals surface area contributed by atoms with Crippen molar-refractivity contribution in [3.05, 3.63) is 47.7 Å². The van der Waals surface area contributed by atoms with Crippen molar-refractivity contribution in [2.75, 3.05) is 19.0 Å². The van der Waals surface area contributed by atoms with Gasteiger partial charge in [-0.25, -0.2) is 10.5 Å². The van der Waals surface area contributed by atoms with Gasteiger partial charge in [0.2, 0.25) is 0 Å². The Bertz CT molecular complexity index is 638. The summed E-state index contributed by atoms with van der Waals surface area (Å²) in [6, 6.07) is 9.48. The molecule has 20 heavy (non-hydrogen) atoms. The monoisotopic (exact) mass is 269 g/mol. The van der Waals surface area contributed by atoms with Crippen molar-refractivity contribution in [1.82, 2.24) is 10.5 Å². The van der Waals surface area contributed by atoms with Gasteiger partial charge in [0.15, 0.2) is 0 Å². The summed E-state index contributed by atoms with van der Waals surface area (Å²) in [4.78, 5) is 20.6. The molecule has 1 aliphatic heterocycles. The van der Waals surface area contributed by atoms with Crippen LogP contribution < -0.4 is 10.8 Å². The number of amides is 1. The molecule has 0 fully saturated rings. The lowest BCUT2D eigenvalue weighted by Crippen LogP contribution is -2.21. The molecule has 2 aromatic rings. The summed E-state index contributed by atoms with van der Waals surface area (Å²) in [5, 5.41) is 3.26. The molecule has 0 aliphatic carbocycles. The maximum atomic E-state index is 11.6. The third-order valence-electron chi connectivity index (χ3n) is 3.38. The summed E-state index contributed by atoms with van der Waals surface area (Å²) in [5.41, 5.74) is 6.36. The van der Waals surface area contributed by atoms with Gasteiger partial charge in [-0.2, -0.15) is 0 Å². The van der Waals surface area contributed by atoms with Gasteiger partial charge < -0.3 is 5.32 Å². The molecular weight excluding hydrogens is 254 g/mol. The highest BCUT2D eigenvalue weighted by Gasteiger charge is 2.16. The van der Waals surface area contributed by atoms with Crippen LogP contribution in [0, 0.1) is 0 Å². The van der Waals surface area contributed by atoms with Gasteiger partial charge in [0, 0.05) is 23.9 Å². The van der Waals surface area contributed by atoms with E-state index in [1.54, 1.807) is 18.3 Å². The number of hydrogen-bond acceptors (Lipinski definition) is 4. The zero-order valence-electron chi connectivity index (χ0n) is 11.1. The lowest BCUT2D eigenvalue weighted by atomic mass is 9.99. The number of fused-ring (bicyclic) bond motifs is 1. The van der Waals surface area contributed by atoms with E-state index < -0.39 is 0 Å². The van der Waals surface area contributed by atoms with Gasteiger partial charge in [-0.15, -0.1) is 0 Å². The average molecular weight is 269 g/mol. The normalized spacial score (nSPS) is 12.7. The molecule has 0 spiro atoms.